The van der Waals surface area contributed by atoms with Crippen LogP contribution in [-0.4, -0.2) is 25.2 Å². The van der Waals surface area contributed by atoms with Gasteiger partial charge in [-0.15, -0.1) is 10.2 Å². The van der Waals surface area contributed by atoms with Gasteiger partial charge in [0.15, 0.2) is 5.82 Å². The fourth-order valence-corrected chi connectivity index (χ4v) is 2.55. The Morgan fingerprint density at radius 1 is 1.00 bits per heavy atom. The molecule has 106 valence electrons. The minimum absolute atomic E-state index is 0.190. The molecule has 0 spiro atoms. The van der Waals surface area contributed by atoms with Crippen LogP contribution in [0.15, 0.2) is 47.4 Å². The molecule has 0 aliphatic heterocycles. The van der Waals surface area contributed by atoms with Gasteiger partial charge >= 0.3 is 0 Å². The highest BCUT2D eigenvalue weighted by Gasteiger charge is 2.14. The highest BCUT2D eigenvalue weighted by atomic mass is 32.2. The molecule has 0 amide bonds. The Hall–Kier alpha value is -2.15. The van der Waals surface area contributed by atoms with E-state index in [0.717, 1.165) is 13.0 Å². The van der Waals surface area contributed by atoms with E-state index in [1.807, 2.05) is 6.92 Å². The molecule has 0 aliphatic carbocycles. The van der Waals surface area contributed by atoms with E-state index in [2.05, 4.69) is 20.2 Å². The molecule has 1 aromatic heterocycles. The van der Waals surface area contributed by atoms with E-state index in [1.165, 1.54) is 12.1 Å². The molecule has 2 rings (SSSR count). The molecule has 0 fully saturated rings. The van der Waals surface area contributed by atoms with Crippen LogP contribution in [0.5, 0.6) is 0 Å². The third-order valence-electron chi connectivity index (χ3n) is 2.51. The largest absolute Gasteiger partial charge is 0.369 e. The van der Waals surface area contributed by atoms with Crippen LogP contribution in [0.3, 0.4) is 0 Å². The number of rotatable bonds is 6. The summed E-state index contributed by atoms with van der Waals surface area (Å²) in [6.45, 7) is 2.84. The summed E-state index contributed by atoms with van der Waals surface area (Å²) in [6.07, 6.45) is 0.976. The van der Waals surface area contributed by atoms with E-state index in [4.69, 9.17) is 0 Å². The molecule has 0 bridgehead atoms. The Labute approximate surface area is 118 Å². The first-order chi connectivity index (χ1) is 9.62. The summed E-state index contributed by atoms with van der Waals surface area (Å²) in [5.74, 6) is 0.811. The predicted molar refractivity (Wildman–Crippen MR) is 78.1 cm³/mol. The van der Waals surface area contributed by atoms with E-state index in [-0.39, 0.29) is 10.7 Å². The van der Waals surface area contributed by atoms with Crippen molar-refractivity contribution < 1.29 is 8.42 Å². The summed E-state index contributed by atoms with van der Waals surface area (Å²) in [5.41, 5.74) is 0. The fraction of sp³-hybridized carbons (Fsp3) is 0.231. The van der Waals surface area contributed by atoms with Crippen molar-refractivity contribution in [2.75, 3.05) is 16.6 Å². The van der Waals surface area contributed by atoms with Crippen molar-refractivity contribution >= 4 is 21.7 Å². The Morgan fingerprint density at radius 2 is 1.65 bits per heavy atom. The molecular formula is C13H16N4O2S. The van der Waals surface area contributed by atoms with Crippen LogP contribution in [0.1, 0.15) is 13.3 Å². The minimum atomic E-state index is -3.62. The fourth-order valence-electron chi connectivity index (χ4n) is 1.53. The number of sulfonamides is 1. The van der Waals surface area contributed by atoms with Crippen molar-refractivity contribution in [2.24, 2.45) is 0 Å². The third kappa shape index (κ3) is 3.67. The standard InChI is InChI=1S/C13H16N4O2S/c1-2-10-14-12-8-9-13(16-15-12)17-20(18,19)11-6-4-3-5-7-11/h3-9H,2,10H2,1H3,(H,14,15)(H,16,17). The molecule has 0 atom stereocenters. The van der Waals surface area contributed by atoms with Gasteiger partial charge < -0.3 is 5.32 Å². The van der Waals surface area contributed by atoms with Crippen molar-refractivity contribution in [3.05, 3.63) is 42.5 Å². The Morgan fingerprint density at radius 3 is 2.25 bits per heavy atom. The minimum Gasteiger partial charge on any atom is -0.369 e. The van der Waals surface area contributed by atoms with Gasteiger partial charge in [-0.3, -0.25) is 4.72 Å². The first-order valence-electron chi connectivity index (χ1n) is 6.27. The normalized spacial score (nSPS) is 11.1. The zero-order valence-corrected chi connectivity index (χ0v) is 11.9. The van der Waals surface area contributed by atoms with Crippen molar-refractivity contribution in [1.29, 1.82) is 0 Å². The Kier molecular flexibility index (Phi) is 4.52. The molecule has 20 heavy (non-hydrogen) atoms. The zero-order chi connectivity index (χ0) is 14.4. The SMILES string of the molecule is CCCNc1ccc(NS(=O)(=O)c2ccccc2)nn1. The highest BCUT2D eigenvalue weighted by Crippen LogP contribution is 2.14. The van der Waals surface area contributed by atoms with E-state index in [9.17, 15) is 8.42 Å². The van der Waals surface area contributed by atoms with Crippen LogP contribution in [0.4, 0.5) is 11.6 Å². The molecule has 0 saturated heterocycles. The molecule has 6 nitrogen and oxygen atoms in total. The molecule has 0 radical (unpaired) electrons. The van der Waals surface area contributed by atoms with Gasteiger partial charge in [0.25, 0.3) is 10.0 Å². The molecule has 1 heterocycles. The summed E-state index contributed by atoms with van der Waals surface area (Å²) in [7, 11) is -3.62. The van der Waals surface area contributed by atoms with Gasteiger partial charge in [0, 0.05) is 6.54 Å². The smallest absolute Gasteiger partial charge is 0.263 e. The first kappa shape index (κ1) is 14.3. The van der Waals surface area contributed by atoms with Crippen LogP contribution in [-0.2, 0) is 10.0 Å². The van der Waals surface area contributed by atoms with Gasteiger partial charge in [-0.2, -0.15) is 0 Å². The van der Waals surface area contributed by atoms with Crippen LogP contribution < -0.4 is 10.0 Å². The van der Waals surface area contributed by atoms with Crippen LogP contribution in [0, 0.1) is 0 Å². The van der Waals surface area contributed by atoms with Gasteiger partial charge in [-0.25, -0.2) is 8.42 Å². The molecule has 7 heteroatoms. The molecule has 2 N–H and O–H groups in total. The first-order valence-corrected chi connectivity index (χ1v) is 7.75. The van der Waals surface area contributed by atoms with Gasteiger partial charge in [-0.05, 0) is 30.7 Å². The second-order valence-electron chi connectivity index (χ2n) is 4.15. The van der Waals surface area contributed by atoms with Gasteiger partial charge in [-0.1, -0.05) is 25.1 Å². The van der Waals surface area contributed by atoms with Gasteiger partial charge in [0.05, 0.1) is 4.90 Å². The molecule has 0 saturated carbocycles. The lowest BCUT2D eigenvalue weighted by Crippen LogP contribution is -2.14. The van der Waals surface area contributed by atoms with E-state index in [1.54, 1.807) is 30.3 Å². The number of nitrogens with one attached hydrogen (secondary N) is 2. The number of benzene rings is 1. The maximum atomic E-state index is 12.1. The Balaban J connectivity index is 2.10. The van der Waals surface area contributed by atoms with Crippen molar-refractivity contribution in [3.63, 3.8) is 0 Å². The van der Waals surface area contributed by atoms with E-state index < -0.39 is 10.0 Å². The van der Waals surface area contributed by atoms with E-state index >= 15 is 0 Å². The van der Waals surface area contributed by atoms with E-state index in [0.29, 0.717) is 5.82 Å². The number of nitrogens with zero attached hydrogens (tertiary/aromatic N) is 2. The van der Waals surface area contributed by atoms with Crippen molar-refractivity contribution in [2.45, 2.75) is 18.2 Å². The van der Waals surface area contributed by atoms with Crippen LogP contribution in [0.2, 0.25) is 0 Å². The predicted octanol–water partition coefficient (Wildman–Crippen LogP) is 2.10. The quantitative estimate of drug-likeness (QED) is 0.851. The number of aromatic nitrogens is 2. The zero-order valence-electron chi connectivity index (χ0n) is 11.1. The average molecular weight is 292 g/mol. The monoisotopic (exact) mass is 292 g/mol. The lowest BCUT2D eigenvalue weighted by Gasteiger charge is -2.07. The summed E-state index contributed by atoms with van der Waals surface area (Å²) < 4.78 is 26.5. The average Bonchev–Trinajstić information content (AvgIpc) is 2.47. The van der Waals surface area contributed by atoms with Gasteiger partial charge in [0.1, 0.15) is 5.82 Å². The molecule has 1 aromatic carbocycles. The lowest BCUT2D eigenvalue weighted by atomic mass is 10.4. The number of anilines is 2. The van der Waals surface area contributed by atoms with Crippen molar-refractivity contribution in [3.8, 4) is 0 Å². The van der Waals surface area contributed by atoms with Gasteiger partial charge in [0.2, 0.25) is 0 Å². The van der Waals surface area contributed by atoms with Crippen molar-refractivity contribution in [1.82, 2.24) is 10.2 Å². The van der Waals surface area contributed by atoms with Crippen LogP contribution in [0.25, 0.3) is 0 Å². The summed E-state index contributed by atoms with van der Waals surface area (Å²) in [4.78, 5) is 0.190. The second kappa shape index (κ2) is 6.33. The number of hydrogen-bond acceptors (Lipinski definition) is 5. The highest BCUT2D eigenvalue weighted by molar-refractivity contribution is 7.92. The maximum absolute atomic E-state index is 12.1. The topological polar surface area (TPSA) is 84.0 Å². The molecule has 0 unspecified atom stereocenters. The lowest BCUT2D eigenvalue weighted by molar-refractivity contribution is 0.601. The molecule has 2 aromatic rings. The second-order valence-corrected chi connectivity index (χ2v) is 5.83. The third-order valence-corrected chi connectivity index (χ3v) is 3.88. The summed E-state index contributed by atoms with van der Waals surface area (Å²) in [5, 5.41) is 10.8. The van der Waals surface area contributed by atoms with Crippen LogP contribution >= 0.6 is 0 Å². The number of hydrogen-bond donors (Lipinski definition) is 2. The summed E-state index contributed by atoms with van der Waals surface area (Å²) in [6, 6.07) is 11.4. The Bertz CT molecular complexity index is 642. The molecular weight excluding hydrogens is 276 g/mol. The summed E-state index contributed by atoms with van der Waals surface area (Å²) >= 11 is 0. The maximum Gasteiger partial charge on any atom is 0.263 e. The molecule has 0 aliphatic rings.